The Morgan fingerprint density at radius 2 is 1.22 bits per heavy atom. The normalized spacial score (nSPS) is 14.4. The monoisotopic (exact) mass is 459 g/mol. The van der Waals surface area contributed by atoms with Crippen LogP contribution in [0.25, 0.3) is 0 Å². The van der Waals surface area contributed by atoms with E-state index in [2.05, 4.69) is 31.2 Å². The van der Waals surface area contributed by atoms with Crippen molar-refractivity contribution in [2.45, 2.75) is 44.4 Å². The van der Waals surface area contributed by atoms with Crippen molar-refractivity contribution in [2.75, 3.05) is 0 Å². The van der Waals surface area contributed by atoms with E-state index >= 15 is 0 Å². The molecule has 0 saturated heterocycles. The molecule has 1 heterocycles. The van der Waals surface area contributed by atoms with E-state index in [-0.39, 0.29) is 0 Å². The molecule has 5 rings (SSSR count). The van der Waals surface area contributed by atoms with Gasteiger partial charge in [0.1, 0.15) is 33.0 Å². The SMILES string of the molecule is CCc1ccc(COc2ccc([S+]3c4ccccc4S(=O)(=O)c4ccccc43)cc2)cc1. The predicted octanol–water partition coefficient (Wildman–Crippen LogP) is 6.07. The third-order valence-electron chi connectivity index (χ3n) is 5.61. The molecule has 0 unspecified atom stereocenters. The summed E-state index contributed by atoms with van der Waals surface area (Å²) in [5, 5.41) is 0. The van der Waals surface area contributed by atoms with Gasteiger partial charge in [0, 0.05) is 0 Å². The summed E-state index contributed by atoms with van der Waals surface area (Å²) in [6.07, 6.45) is 1.03. The minimum atomic E-state index is -3.51. The van der Waals surface area contributed by atoms with E-state index in [1.165, 1.54) is 5.56 Å². The molecule has 5 heteroatoms. The van der Waals surface area contributed by atoms with Gasteiger partial charge in [-0.2, -0.15) is 0 Å². The Bertz CT molecular complexity index is 1310. The van der Waals surface area contributed by atoms with Crippen molar-refractivity contribution in [1.82, 2.24) is 0 Å². The number of aryl methyl sites for hydroxylation is 1. The van der Waals surface area contributed by atoms with Crippen molar-refractivity contribution in [3.05, 3.63) is 108 Å². The molecule has 0 bridgehead atoms. The maximum absolute atomic E-state index is 13.2. The molecule has 0 atom stereocenters. The van der Waals surface area contributed by atoms with Crippen LogP contribution in [0.2, 0.25) is 0 Å². The summed E-state index contributed by atoms with van der Waals surface area (Å²) in [4.78, 5) is 3.56. The molecule has 4 aromatic rings. The van der Waals surface area contributed by atoms with Crippen LogP contribution in [-0.4, -0.2) is 8.42 Å². The van der Waals surface area contributed by atoms with E-state index in [1.807, 2.05) is 48.5 Å². The second-order valence-corrected chi connectivity index (χ2v) is 11.5. The van der Waals surface area contributed by atoms with E-state index in [0.29, 0.717) is 16.4 Å². The lowest BCUT2D eigenvalue weighted by molar-refractivity contribution is 0.306. The van der Waals surface area contributed by atoms with Crippen molar-refractivity contribution in [1.29, 1.82) is 0 Å². The van der Waals surface area contributed by atoms with Crippen LogP contribution in [0.15, 0.2) is 122 Å². The Balaban J connectivity index is 1.45. The van der Waals surface area contributed by atoms with Gasteiger partial charge < -0.3 is 4.74 Å². The molecule has 0 radical (unpaired) electrons. The lowest BCUT2D eigenvalue weighted by atomic mass is 10.1. The van der Waals surface area contributed by atoms with Gasteiger partial charge in [0.15, 0.2) is 14.7 Å². The summed E-state index contributed by atoms with van der Waals surface area (Å²) in [6.45, 7) is 2.66. The first-order chi connectivity index (χ1) is 15.6. The van der Waals surface area contributed by atoms with Crippen molar-refractivity contribution >= 4 is 20.7 Å². The van der Waals surface area contributed by atoms with Crippen molar-refractivity contribution in [2.24, 2.45) is 0 Å². The van der Waals surface area contributed by atoms with Crippen LogP contribution in [0.3, 0.4) is 0 Å². The van der Waals surface area contributed by atoms with Gasteiger partial charge in [-0.1, -0.05) is 55.5 Å². The summed E-state index contributed by atoms with van der Waals surface area (Å²) >= 11 is 0. The van der Waals surface area contributed by atoms with Crippen LogP contribution in [0.4, 0.5) is 0 Å². The topological polar surface area (TPSA) is 43.4 Å². The van der Waals surface area contributed by atoms with E-state index in [0.717, 1.165) is 32.4 Å². The van der Waals surface area contributed by atoms with Crippen LogP contribution >= 0.6 is 0 Å². The number of sulfone groups is 1. The van der Waals surface area contributed by atoms with Gasteiger partial charge in [-0.3, -0.25) is 0 Å². The summed E-state index contributed by atoms with van der Waals surface area (Å²) in [6, 6.07) is 31.2. The number of rotatable bonds is 5. The lowest BCUT2D eigenvalue weighted by Gasteiger charge is -2.19. The number of ether oxygens (including phenoxy) is 1. The summed E-state index contributed by atoms with van der Waals surface area (Å²) in [5.74, 6) is 0.795. The molecule has 1 aliphatic rings. The van der Waals surface area contributed by atoms with Gasteiger partial charge in [-0.15, -0.1) is 0 Å². The minimum Gasteiger partial charge on any atom is -0.489 e. The van der Waals surface area contributed by atoms with E-state index < -0.39 is 20.7 Å². The van der Waals surface area contributed by atoms with E-state index in [9.17, 15) is 8.42 Å². The second kappa shape index (κ2) is 8.49. The average molecular weight is 460 g/mol. The van der Waals surface area contributed by atoms with Gasteiger partial charge in [-0.25, -0.2) is 8.42 Å². The molecule has 160 valence electrons. The highest BCUT2D eigenvalue weighted by Crippen LogP contribution is 2.44. The minimum absolute atomic E-state index is 0.401. The quantitative estimate of drug-likeness (QED) is 0.300. The van der Waals surface area contributed by atoms with E-state index in [4.69, 9.17) is 4.74 Å². The molecule has 0 saturated carbocycles. The molecule has 0 spiro atoms. The Morgan fingerprint density at radius 3 is 1.78 bits per heavy atom. The number of hydrogen-bond acceptors (Lipinski definition) is 3. The van der Waals surface area contributed by atoms with Crippen LogP contribution < -0.4 is 4.74 Å². The van der Waals surface area contributed by atoms with Gasteiger partial charge in [0.05, 0.1) is 0 Å². The molecule has 0 amide bonds. The Hall–Kier alpha value is -3.02. The highest BCUT2D eigenvalue weighted by atomic mass is 32.2. The van der Waals surface area contributed by atoms with Gasteiger partial charge in [0.25, 0.3) is 0 Å². The molecular formula is C27H23O3S2+. The smallest absolute Gasteiger partial charge is 0.216 e. The maximum atomic E-state index is 13.2. The number of fused-ring (bicyclic) bond motifs is 2. The Morgan fingerprint density at radius 1 is 0.688 bits per heavy atom. The Labute approximate surface area is 192 Å². The first-order valence-corrected chi connectivity index (χ1v) is 13.3. The zero-order chi connectivity index (χ0) is 22.1. The fourth-order valence-corrected chi connectivity index (χ4v) is 8.58. The van der Waals surface area contributed by atoms with Crippen molar-refractivity contribution in [3.63, 3.8) is 0 Å². The standard InChI is InChI=1S/C27H23O3S2/c1-2-20-11-13-21(14-12-20)19-30-22-15-17-23(18-16-22)31-24-7-3-5-9-26(24)32(28,29)27-10-6-4-8-25(27)31/h3-18H,2,19H2,1H3/q+1. The van der Waals surface area contributed by atoms with Crippen molar-refractivity contribution < 1.29 is 13.2 Å². The summed E-state index contributed by atoms with van der Waals surface area (Å²) < 4.78 is 32.3. The van der Waals surface area contributed by atoms with Crippen LogP contribution in [0.1, 0.15) is 18.1 Å². The third kappa shape index (κ3) is 3.72. The average Bonchev–Trinajstić information content (AvgIpc) is 2.84. The van der Waals surface area contributed by atoms with Crippen LogP contribution in [0, 0.1) is 0 Å². The largest absolute Gasteiger partial charge is 0.489 e. The first kappa shape index (κ1) is 20.9. The maximum Gasteiger partial charge on any atom is 0.216 e. The van der Waals surface area contributed by atoms with Gasteiger partial charge in [-0.05, 0) is 66.1 Å². The summed E-state index contributed by atoms with van der Waals surface area (Å²) in [7, 11) is -4.00. The number of benzene rings is 4. The second-order valence-electron chi connectivity index (χ2n) is 7.63. The van der Waals surface area contributed by atoms with Crippen LogP contribution in [0.5, 0.6) is 5.75 Å². The molecule has 0 aliphatic carbocycles. The molecule has 0 fully saturated rings. The molecule has 3 nitrogen and oxygen atoms in total. The zero-order valence-electron chi connectivity index (χ0n) is 17.7. The van der Waals surface area contributed by atoms with Crippen LogP contribution in [-0.2, 0) is 33.8 Å². The Kier molecular flexibility index (Phi) is 5.53. The third-order valence-corrected chi connectivity index (χ3v) is 10.1. The predicted molar refractivity (Wildman–Crippen MR) is 127 cm³/mol. The van der Waals surface area contributed by atoms with Gasteiger partial charge >= 0.3 is 0 Å². The van der Waals surface area contributed by atoms with Gasteiger partial charge in [0.2, 0.25) is 9.84 Å². The molecule has 0 N–H and O–H groups in total. The van der Waals surface area contributed by atoms with Crippen molar-refractivity contribution in [3.8, 4) is 5.75 Å². The molecule has 1 aliphatic heterocycles. The highest BCUT2D eigenvalue weighted by Gasteiger charge is 2.44. The zero-order valence-corrected chi connectivity index (χ0v) is 19.3. The fourth-order valence-electron chi connectivity index (χ4n) is 3.88. The fraction of sp³-hybridized carbons (Fsp3) is 0.111. The highest BCUT2D eigenvalue weighted by molar-refractivity contribution is 8.00. The molecule has 32 heavy (non-hydrogen) atoms. The van der Waals surface area contributed by atoms with E-state index in [1.54, 1.807) is 24.3 Å². The lowest BCUT2D eigenvalue weighted by Crippen LogP contribution is -2.20. The number of hydrogen-bond donors (Lipinski definition) is 0. The summed E-state index contributed by atoms with van der Waals surface area (Å²) in [5.41, 5.74) is 2.45. The molecular weight excluding hydrogens is 436 g/mol. The first-order valence-electron chi connectivity index (χ1n) is 10.6. The molecule has 4 aromatic carbocycles. The molecule has 0 aromatic heterocycles.